The van der Waals surface area contributed by atoms with Gasteiger partial charge in [-0.2, -0.15) is 4.39 Å². The van der Waals surface area contributed by atoms with Gasteiger partial charge >= 0.3 is 0 Å². The highest BCUT2D eigenvalue weighted by atomic mass is 19.2. The van der Waals surface area contributed by atoms with E-state index in [9.17, 15) is 22.8 Å². The van der Waals surface area contributed by atoms with E-state index in [0.29, 0.717) is 63.5 Å². The highest BCUT2D eigenvalue weighted by molar-refractivity contribution is 6.44. The lowest BCUT2D eigenvalue weighted by Gasteiger charge is -2.35. The molecule has 202 valence electrons. The fourth-order valence-corrected chi connectivity index (χ4v) is 5.16. The third-order valence-corrected chi connectivity index (χ3v) is 6.94. The molecule has 1 aromatic rings. The van der Waals surface area contributed by atoms with E-state index >= 15 is 0 Å². The van der Waals surface area contributed by atoms with E-state index in [1.54, 1.807) is 9.80 Å². The molecule has 2 heterocycles. The molecule has 4 rings (SSSR count). The van der Waals surface area contributed by atoms with Crippen LogP contribution < -0.4 is 10.1 Å². The second kappa shape index (κ2) is 11.5. The molecule has 37 heavy (non-hydrogen) atoms. The van der Waals surface area contributed by atoms with E-state index < -0.39 is 29.3 Å². The highest BCUT2D eigenvalue weighted by Crippen LogP contribution is 2.27. The van der Waals surface area contributed by atoms with Crippen molar-refractivity contribution >= 4 is 17.5 Å². The Hall–Kier alpha value is -3.08. The number of nitrogens with zero attached hydrogens (tertiary/aromatic N) is 2. The maximum absolute atomic E-state index is 13.9. The average molecular weight is 523 g/mol. The SMILES string of the molecule is C[C@@H]1CN(C(=O)C(=N)C2=C(NCC(=O)N3CCC(Oc4cc(F)cc(F)c4F)CC3)CCC2)C[C@H](C)O1. The fraction of sp³-hybridized carbons (Fsp3) is 0.577. The molecule has 2 N–H and O–H groups in total. The maximum atomic E-state index is 13.9. The van der Waals surface area contributed by atoms with Crippen LogP contribution in [0.15, 0.2) is 23.4 Å². The van der Waals surface area contributed by atoms with Crippen LogP contribution in [0.4, 0.5) is 13.2 Å². The number of allylic oxidation sites excluding steroid dienone is 1. The third-order valence-electron chi connectivity index (χ3n) is 6.94. The Morgan fingerprint density at radius 2 is 1.76 bits per heavy atom. The second-order valence-corrected chi connectivity index (χ2v) is 9.90. The minimum Gasteiger partial charge on any atom is -0.487 e. The largest absolute Gasteiger partial charge is 0.487 e. The van der Waals surface area contributed by atoms with Crippen LogP contribution in [0, 0.1) is 22.9 Å². The van der Waals surface area contributed by atoms with Gasteiger partial charge in [-0.15, -0.1) is 0 Å². The summed E-state index contributed by atoms with van der Waals surface area (Å²) in [6, 6.07) is 1.28. The summed E-state index contributed by atoms with van der Waals surface area (Å²) in [6.45, 7) is 5.45. The summed E-state index contributed by atoms with van der Waals surface area (Å²) >= 11 is 0. The molecule has 0 radical (unpaired) electrons. The number of likely N-dealkylation sites (tertiary alicyclic amines) is 1. The summed E-state index contributed by atoms with van der Waals surface area (Å²) in [5.74, 6) is -4.39. The van der Waals surface area contributed by atoms with Crippen LogP contribution in [0.3, 0.4) is 0 Å². The van der Waals surface area contributed by atoms with Crippen LogP contribution >= 0.6 is 0 Å². The molecule has 2 amide bonds. The molecule has 1 aromatic carbocycles. The van der Waals surface area contributed by atoms with Gasteiger partial charge < -0.3 is 24.6 Å². The van der Waals surface area contributed by atoms with Crippen molar-refractivity contribution in [3.8, 4) is 5.75 Å². The number of morpholine rings is 1. The Labute approximate surface area is 214 Å². The Balaban J connectivity index is 1.28. The zero-order valence-electron chi connectivity index (χ0n) is 21.1. The molecule has 11 heteroatoms. The number of piperidine rings is 1. The fourth-order valence-electron chi connectivity index (χ4n) is 5.16. The van der Waals surface area contributed by atoms with Gasteiger partial charge in [0.25, 0.3) is 5.91 Å². The van der Waals surface area contributed by atoms with Crippen LogP contribution in [-0.2, 0) is 14.3 Å². The molecule has 1 aliphatic carbocycles. The molecule has 3 aliphatic rings. The van der Waals surface area contributed by atoms with Gasteiger partial charge in [0.2, 0.25) is 11.7 Å². The van der Waals surface area contributed by atoms with Crippen molar-refractivity contribution in [2.75, 3.05) is 32.7 Å². The van der Waals surface area contributed by atoms with Crippen molar-refractivity contribution in [2.24, 2.45) is 0 Å². The van der Waals surface area contributed by atoms with E-state index in [1.807, 2.05) is 13.8 Å². The highest BCUT2D eigenvalue weighted by Gasteiger charge is 2.32. The van der Waals surface area contributed by atoms with Crippen molar-refractivity contribution in [2.45, 2.75) is 64.3 Å². The molecule has 8 nitrogen and oxygen atoms in total. The van der Waals surface area contributed by atoms with E-state index in [1.165, 1.54) is 0 Å². The molecule has 2 fully saturated rings. The molecule has 0 unspecified atom stereocenters. The average Bonchev–Trinajstić information content (AvgIpc) is 3.33. The monoisotopic (exact) mass is 522 g/mol. The molecular formula is C26H33F3N4O4. The number of amides is 2. The first kappa shape index (κ1) is 27.0. The van der Waals surface area contributed by atoms with Crippen LogP contribution in [0.2, 0.25) is 0 Å². The van der Waals surface area contributed by atoms with Crippen LogP contribution in [0.5, 0.6) is 5.75 Å². The first-order chi connectivity index (χ1) is 17.6. The molecule has 0 spiro atoms. The molecular weight excluding hydrogens is 489 g/mol. The predicted octanol–water partition coefficient (Wildman–Crippen LogP) is 3.16. The van der Waals surface area contributed by atoms with Crippen LogP contribution in [-0.4, -0.2) is 78.4 Å². The van der Waals surface area contributed by atoms with Crippen LogP contribution in [0.25, 0.3) is 0 Å². The van der Waals surface area contributed by atoms with Crippen molar-refractivity contribution < 1.29 is 32.2 Å². The molecule has 0 bridgehead atoms. The molecule has 0 aromatic heterocycles. The van der Waals surface area contributed by atoms with Gasteiger partial charge in [-0.05, 0) is 33.1 Å². The van der Waals surface area contributed by atoms with Gasteiger partial charge in [0, 0.05) is 62.4 Å². The van der Waals surface area contributed by atoms with E-state index in [2.05, 4.69) is 5.32 Å². The smallest absolute Gasteiger partial charge is 0.272 e. The number of carbonyl (C=O) groups excluding carboxylic acids is 2. The summed E-state index contributed by atoms with van der Waals surface area (Å²) in [6.07, 6.45) is 2.23. The number of hydrogen-bond donors (Lipinski definition) is 2. The Kier molecular flexibility index (Phi) is 8.41. The Bertz CT molecular complexity index is 1080. The predicted molar refractivity (Wildman–Crippen MR) is 130 cm³/mol. The molecule has 2 atom stereocenters. The summed E-state index contributed by atoms with van der Waals surface area (Å²) < 4.78 is 51.8. The topological polar surface area (TPSA) is 95.0 Å². The quantitative estimate of drug-likeness (QED) is 0.424. The van der Waals surface area contributed by atoms with Gasteiger partial charge in [-0.1, -0.05) is 0 Å². The Morgan fingerprint density at radius 3 is 2.43 bits per heavy atom. The minimum absolute atomic E-state index is 0.0290. The lowest BCUT2D eigenvalue weighted by Crippen LogP contribution is -2.50. The molecule has 2 aliphatic heterocycles. The summed E-state index contributed by atoms with van der Waals surface area (Å²) in [5, 5.41) is 11.7. The maximum Gasteiger partial charge on any atom is 0.272 e. The normalized spacial score (nSPS) is 22.8. The van der Waals surface area contributed by atoms with Gasteiger partial charge in [0.1, 0.15) is 17.6 Å². The number of benzene rings is 1. The number of halogens is 3. The standard InChI is InChI=1S/C26H33F3N4O4/c1-15-13-33(14-16(2)36-15)26(35)25(30)19-4-3-5-21(19)31-12-23(34)32-8-6-18(7-9-32)37-22-11-17(27)10-20(28)24(22)29/h10-11,15-16,18,30-31H,3-9,12-14H2,1-2H3/t15-,16+. The van der Waals surface area contributed by atoms with Gasteiger partial charge in [0.05, 0.1) is 18.8 Å². The lowest BCUT2D eigenvalue weighted by molar-refractivity contribution is -0.136. The molecule has 0 saturated carbocycles. The third kappa shape index (κ3) is 6.44. The van der Waals surface area contributed by atoms with Gasteiger partial charge in [0.15, 0.2) is 11.6 Å². The number of nitrogens with one attached hydrogen (secondary N) is 2. The summed E-state index contributed by atoms with van der Waals surface area (Å²) in [4.78, 5) is 29.1. The van der Waals surface area contributed by atoms with Crippen molar-refractivity contribution in [1.82, 2.24) is 15.1 Å². The first-order valence-corrected chi connectivity index (χ1v) is 12.7. The first-order valence-electron chi connectivity index (χ1n) is 12.7. The Morgan fingerprint density at radius 1 is 1.08 bits per heavy atom. The number of ether oxygens (including phenoxy) is 2. The van der Waals surface area contributed by atoms with Crippen molar-refractivity contribution in [3.63, 3.8) is 0 Å². The van der Waals surface area contributed by atoms with E-state index in [-0.39, 0.29) is 36.3 Å². The van der Waals surface area contributed by atoms with Crippen LogP contribution in [0.1, 0.15) is 46.0 Å². The second-order valence-electron chi connectivity index (χ2n) is 9.90. The zero-order chi connectivity index (χ0) is 26.7. The zero-order valence-corrected chi connectivity index (χ0v) is 21.1. The number of rotatable bonds is 7. The van der Waals surface area contributed by atoms with Gasteiger partial charge in [-0.25, -0.2) is 8.78 Å². The van der Waals surface area contributed by atoms with Crippen molar-refractivity contribution in [3.05, 3.63) is 40.9 Å². The number of carbonyl (C=O) groups is 2. The minimum atomic E-state index is -1.31. The number of hydrogen-bond acceptors (Lipinski definition) is 6. The lowest BCUT2D eigenvalue weighted by atomic mass is 10.1. The summed E-state index contributed by atoms with van der Waals surface area (Å²) in [5.41, 5.74) is 1.37. The van der Waals surface area contributed by atoms with Crippen molar-refractivity contribution in [1.29, 1.82) is 5.41 Å². The molecule has 2 saturated heterocycles. The van der Waals surface area contributed by atoms with Gasteiger partial charge in [-0.3, -0.25) is 15.0 Å². The summed E-state index contributed by atoms with van der Waals surface area (Å²) in [7, 11) is 0. The van der Waals surface area contributed by atoms with E-state index in [0.717, 1.165) is 18.2 Å². The van der Waals surface area contributed by atoms with E-state index in [4.69, 9.17) is 14.9 Å².